The van der Waals surface area contributed by atoms with Gasteiger partial charge in [0.05, 0.1) is 12.7 Å². The van der Waals surface area contributed by atoms with Gasteiger partial charge in [0.15, 0.2) is 0 Å². The highest BCUT2D eigenvalue weighted by Gasteiger charge is 2.27. The molecule has 3 atom stereocenters. The molecule has 0 spiro atoms. The maximum Gasteiger partial charge on any atom is 0.337 e. The summed E-state index contributed by atoms with van der Waals surface area (Å²) in [5.74, 6) is 0.467. The maximum atomic E-state index is 11.5. The standard InChI is InChI=1S/C25H27NO3/c1-17(23-9-5-7-18-6-3-4-8-24(18)23)26-20-12-15-22(16-20)29-21-13-10-19(11-14-21)25(27)28-2/h3-11,13-14,17,20,22,26H,12,15-16H2,1-2H3/t17?,20-,22?/m1/s1. The van der Waals surface area contributed by atoms with Crippen LogP contribution in [0.1, 0.15) is 48.1 Å². The van der Waals surface area contributed by atoms with E-state index in [4.69, 9.17) is 9.47 Å². The molecule has 0 amide bonds. The fraction of sp³-hybridized carbons (Fsp3) is 0.320. The smallest absolute Gasteiger partial charge is 0.337 e. The number of carbonyl (C=O) groups excluding carboxylic acids is 1. The van der Waals surface area contributed by atoms with Crippen molar-refractivity contribution < 1.29 is 14.3 Å². The Bertz CT molecular complexity index is 978. The Kier molecular flexibility index (Phi) is 5.81. The van der Waals surface area contributed by atoms with Crippen LogP contribution in [0.5, 0.6) is 5.75 Å². The van der Waals surface area contributed by atoms with Crippen LogP contribution in [0.25, 0.3) is 10.8 Å². The van der Waals surface area contributed by atoms with Gasteiger partial charge in [-0.25, -0.2) is 4.79 Å². The Morgan fingerprint density at radius 1 is 1.00 bits per heavy atom. The Labute approximate surface area is 171 Å². The van der Waals surface area contributed by atoms with Gasteiger partial charge in [0.1, 0.15) is 11.9 Å². The van der Waals surface area contributed by atoms with E-state index in [2.05, 4.69) is 54.7 Å². The van der Waals surface area contributed by atoms with Gasteiger partial charge in [-0.05, 0) is 66.8 Å². The number of rotatable bonds is 6. The van der Waals surface area contributed by atoms with E-state index in [0.29, 0.717) is 11.6 Å². The third-order valence-electron chi connectivity index (χ3n) is 5.74. The first kappa shape index (κ1) is 19.5. The minimum absolute atomic E-state index is 0.191. The van der Waals surface area contributed by atoms with Crippen molar-refractivity contribution >= 4 is 16.7 Å². The van der Waals surface area contributed by atoms with Gasteiger partial charge >= 0.3 is 5.97 Å². The molecule has 0 heterocycles. The van der Waals surface area contributed by atoms with Gasteiger partial charge in [-0.1, -0.05) is 42.5 Å². The molecule has 3 aromatic rings. The highest BCUT2D eigenvalue weighted by atomic mass is 16.5. The largest absolute Gasteiger partial charge is 0.490 e. The molecule has 0 radical (unpaired) electrons. The molecule has 4 rings (SSSR count). The zero-order valence-corrected chi connectivity index (χ0v) is 16.9. The van der Waals surface area contributed by atoms with Crippen molar-refractivity contribution in [2.45, 2.75) is 44.4 Å². The van der Waals surface area contributed by atoms with Crippen molar-refractivity contribution in [1.29, 1.82) is 0 Å². The van der Waals surface area contributed by atoms with Crippen LogP contribution in [0.15, 0.2) is 66.7 Å². The van der Waals surface area contributed by atoms with Gasteiger partial charge in [0, 0.05) is 12.1 Å². The second-order valence-corrected chi connectivity index (χ2v) is 7.72. The van der Waals surface area contributed by atoms with Crippen LogP contribution in [0, 0.1) is 0 Å². The van der Waals surface area contributed by atoms with Gasteiger partial charge < -0.3 is 14.8 Å². The highest BCUT2D eigenvalue weighted by Crippen LogP contribution is 2.29. The Balaban J connectivity index is 1.35. The second-order valence-electron chi connectivity index (χ2n) is 7.72. The summed E-state index contributed by atoms with van der Waals surface area (Å²) >= 11 is 0. The van der Waals surface area contributed by atoms with E-state index in [1.54, 1.807) is 12.1 Å². The fourth-order valence-corrected chi connectivity index (χ4v) is 4.25. The van der Waals surface area contributed by atoms with Crippen LogP contribution in [0.2, 0.25) is 0 Å². The average Bonchev–Trinajstić information content (AvgIpc) is 3.19. The molecule has 1 N–H and O–H groups in total. The number of methoxy groups -OCH3 is 1. The fourth-order valence-electron chi connectivity index (χ4n) is 4.25. The zero-order valence-electron chi connectivity index (χ0n) is 16.9. The van der Waals surface area contributed by atoms with E-state index in [1.165, 1.54) is 23.4 Å². The lowest BCUT2D eigenvalue weighted by Gasteiger charge is -2.21. The molecule has 4 nitrogen and oxygen atoms in total. The quantitative estimate of drug-likeness (QED) is 0.583. The van der Waals surface area contributed by atoms with Crippen LogP contribution >= 0.6 is 0 Å². The SMILES string of the molecule is COC(=O)c1ccc(OC2CC[C@@H](NC(C)c3cccc4ccccc34)C2)cc1. The monoisotopic (exact) mass is 389 g/mol. The molecule has 1 aliphatic carbocycles. The number of ether oxygens (including phenoxy) is 2. The zero-order chi connectivity index (χ0) is 20.2. The molecule has 150 valence electrons. The number of hydrogen-bond donors (Lipinski definition) is 1. The number of hydrogen-bond acceptors (Lipinski definition) is 4. The molecule has 0 aromatic heterocycles. The molecule has 2 unspecified atom stereocenters. The van der Waals surface area contributed by atoms with Crippen molar-refractivity contribution in [3.63, 3.8) is 0 Å². The summed E-state index contributed by atoms with van der Waals surface area (Å²) in [4.78, 5) is 11.5. The summed E-state index contributed by atoms with van der Waals surface area (Å²) in [6.07, 6.45) is 3.29. The lowest BCUT2D eigenvalue weighted by Crippen LogP contribution is -2.30. The number of benzene rings is 3. The third-order valence-corrected chi connectivity index (χ3v) is 5.74. The van der Waals surface area contributed by atoms with Crippen molar-refractivity contribution in [3.8, 4) is 5.75 Å². The van der Waals surface area contributed by atoms with Gasteiger partial charge in [0.25, 0.3) is 0 Å². The summed E-state index contributed by atoms with van der Waals surface area (Å²) in [6.45, 7) is 2.24. The summed E-state index contributed by atoms with van der Waals surface area (Å²) < 4.78 is 10.9. The second kappa shape index (κ2) is 8.66. The number of esters is 1. The van der Waals surface area contributed by atoms with Crippen molar-refractivity contribution in [3.05, 3.63) is 77.9 Å². The molecule has 1 aliphatic rings. The summed E-state index contributed by atoms with van der Waals surface area (Å²) in [6, 6.07) is 22.9. The molecule has 1 fully saturated rings. The van der Waals surface area contributed by atoms with Gasteiger partial charge in [-0.15, -0.1) is 0 Å². The molecule has 29 heavy (non-hydrogen) atoms. The Hall–Kier alpha value is -2.85. The summed E-state index contributed by atoms with van der Waals surface area (Å²) in [5.41, 5.74) is 1.88. The van der Waals surface area contributed by atoms with E-state index in [1.807, 2.05) is 12.1 Å². The molecule has 3 aromatic carbocycles. The van der Waals surface area contributed by atoms with E-state index < -0.39 is 0 Å². The average molecular weight is 389 g/mol. The van der Waals surface area contributed by atoms with E-state index in [9.17, 15) is 4.79 Å². The molecule has 0 saturated heterocycles. The van der Waals surface area contributed by atoms with Gasteiger partial charge in [-0.3, -0.25) is 0 Å². The molecule has 0 aliphatic heterocycles. The lowest BCUT2D eigenvalue weighted by atomic mass is 9.99. The van der Waals surface area contributed by atoms with Crippen LogP contribution in [-0.4, -0.2) is 25.2 Å². The minimum atomic E-state index is -0.330. The number of carbonyl (C=O) groups is 1. The Morgan fingerprint density at radius 3 is 2.55 bits per heavy atom. The van der Waals surface area contributed by atoms with E-state index in [0.717, 1.165) is 25.0 Å². The first-order valence-corrected chi connectivity index (χ1v) is 10.2. The van der Waals surface area contributed by atoms with Crippen molar-refractivity contribution in [1.82, 2.24) is 5.32 Å². The van der Waals surface area contributed by atoms with E-state index >= 15 is 0 Å². The predicted octanol–water partition coefficient (Wildman–Crippen LogP) is 5.28. The normalized spacial score (nSPS) is 19.8. The molecular weight excluding hydrogens is 362 g/mol. The van der Waals surface area contributed by atoms with Crippen LogP contribution in [0.4, 0.5) is 0 Å². The van der Waals surface area contributed by atoms with Crippen LogP contribution in [-0.2, 0) is 4.74 Å². The number of nitrogens with one attached hydrogen (secondary N) is 1. The maximum absolute atomic E-state index is 11.5. The molecule has 1 saturated carbocycles. The van der Waals surface area contributed by atoms with Crippen LogP contribution in [0.3, 0.4) is 0 Å². The van der Waals surface area contributed by atoms with Crippen LogP contribution < -0.4 is 10.1 Å². The summed E-state index contributed by atoms with van der Waals surface area (Å²) in [5, 5.41) is 6.38. The summed E-state index contributed by atoms with van der Waals surface area (Å²) in [7, 11) is 1.39. The molecular formula is C25H27NO3. The predicted molar refractivity (Wildman–Crippen MR) is 115 cm³/mol. The van der Waals surface area contributed by atoms with Gasteiger partial charge in [-0.2, -0.15) is 0 Å². The first-order chi connectivity index (χ1) is 14.1. The number of fused-ring (bicyclic) bond motifs is 1. The molecule has 4 heteroatoms. The third kappa shape index (κ3) is 4.43. The van der Waals surface area contributed by atoms with Crippen molar-refractivity contribution in [2.24, 2.45) is 0 Å². The molecule has 0 bridgehead atoms. The topological polar surface area (TPSA) is 47.6 Å². The Morgan fingerprint density at radius 2 is 1.76 bits per heavy atom. The first-order valence-electron chi connectivity index (χ1n) is 10.2. The van der Waals surface area contributed by atoms with Crippen molar-refractivity contribution in [2.75, 3.05) is 7.11 Å². The lowest BCUT2D eigenvalue weighted by molar-refractivity contribution is 0.0600. The van der Waals surface area contributed by atoms with E-state index in [-0.39, 0.29) is 18.1 Å². The minimum Gasteiger partial charge on any atom is -0.490 e. The van der Waals surface area contributed by atoms with Gasteiger partial charge in [0.2, 0.25) is 0 Å². The highest BCUT2D eigenvalue weighted by molar-refractivity contribution is 5.89.